The van der Waals surface area contributed by atoms with Gasteiger partial charge in [0.2, 0.25) is 0 Å². The summed E-state index contributed by atoms with van der Waals surface area (Å²) in [4.78, 5) is 11.4. The van der Waals surface area contributed by atoms with Crippen LogP contribution in [0.1, 0.15) is 12.5 Å². The van der Waals surface area contributed by atoms with E-state index in [1.165, 1.54) is 19.2 Å². The lowest BCUT2D eigenvalue weighted by Crippen LogP contribution is -2.26. The van der Waals surface area contributed by atoms with Gasteiger partial charge >= 0.3 is 0 Å². The summed E-state index contributed by atoms with van der Waals surface area (Å²) in [6, 6.07) is 4.63. The van der Waals surface area contributed by atoms with Crippen molar-refractivity contribution in [2.75, 3.05) is 12.4 Å². The van der Waals surface area contributed by atoms with Crippen LogP contribution in [0.25, 0.3) is 0 Å². The normalized spacial score (nSPS) is 12.3. The van der Waals surface area contributed by atoms with Gasteiger partial charge in [0.25, 0.3) is 5.91 Å². The van der Waals surface area contributed by atoms with E-state index in [0.29, 0.717) is 0 Å². The number of methoxy groups -OCH3 is 1. The second-order valence-electron chi connectivity index (χ2n) is 3.35. The van der Waals surface area contributed by atoms with Gasteiger partial charge in [-0.25, -0.2) is 4.39 Å². The van der Waals surface area contributed by atoms with Crippen LogP contribution in [0.15, 0.2) is 18.2 Å². The van der Waals surface area contributed by atoms with Crippen LogP contribution in [-0.2, 0) is 9.53 Å². The van der Waals surface area contributed by atoms with E-state index in [1.54, 1.807) is 19.9 Å². The van der Waals surface area contributed by atoms with Crippen molar-refractivity contribution >= 4 is 11.6 Å². The van der Waals surface area contributed by atoms with Crippen molar-refractivity contribution in [3.63, 3.8) is 0 Å². The SMILES string of the molecule is COC(C)C(=O)Nc1ccc(C)cc1F. The molecule has 0 bridgehead atoms. The molecule has 4 heteroatoms. The van der Waals surface area contributed by atoms with E-state index in [2.05, 4.69) is 5.32 Å². The molecule has 0 spiro atoms. The van der Waals surface area contributed by atoms with Crippen LogP contribution in [0.4, 0.5) is 10.1 Å². The molecule has 0 aliphatic heterocycles. The lowest BCUT2D eigenvalue weighted by Gasteiger charge is -2.11. The third-order valence-electron chi connectivity index (χ3n) is 2.11. The Morgan fingerprint density at radius 1 is 1.53 bits per heavy atom. The van der Waals surface area contributed by atoms with E-state index in [1.807, 2.05) is 0 Å². The molecule has 1 atom stereocenters. The predicted octanol–water partition coefficient (Wildman–Crippen LogP) is 2.11. The highest BCUT2D eigenvalue weighted by Crippen LogP contribution is 2.15. The third-order valence-corrected chi connectivity index (χ3v) is 2.11. The molecule has 0 aromatic heterocycles. The maximum atomic E-state index is 13.3. The number of nitrogens with one attached hydrogen (secondary N) is 1. The van der Waals surface area contributed by atoms with Crippen LogP contribution in [0, 0.1) is 12.7 Å². The number of amides is 1. The predicted molar refractivity (Wildman–Crippen MR) is 56.2 cm³/mol. The maximum absolute atomic E-state index is 13.3. The Morgan fingerprint density at radius 3 is 2.73 bits per heavy atom. The molecule has 1 aromatic carbocycles. The van der Waals surface area contributed by atoms with Gasteiger partial charge < -0.3 is 10.1 Å². The van der Waals surface area contributed by atoms with E-state index in [4.69, 9.17) is 4.74 Å². The molecule has 1 aromatic rings. The van der Waals surface area contributed by atoms with Crippen molar-refractivity contribution < 1.29 is 13.9 Å². The van der Waals surface area contributed by atoms with Crippen molar-refractivity contribution in [1.29, 1.82) is 0 Å². The standard InChI is InChI=1S/C11H14FNO2/c1-7-4-5-10(9(12)6-7)13-11(14)8(2)15-3/h4-6,8H,1-3H3,(H,13,14). The molecule has 0 saturated carbocycles. The van der Waals surface area contributed by atoms with Crippen LogP contribution < -0.4 is 5.32 Å². The van der Waals surface area contributed by atoms with Crippen LogP contribution in [-0.4, -0.2) is 19.1 Å². The summed E-state index contributed by atoms with van der Waals surface area (Å²) in [5, 5.41) is 2.45. The molecule has 1 rings (SSSR count). The first-order valence-electron chi connectivity index (χ1n) is 4.64. The Labute approximate surface area is 88.2 Å². The highest BCUT2D eigenvalue weighted by molar-refractivity contribution is 5.93. The van der Waals surface area contributed by atoms with Crippen molar-refractivity contribution in [1.82, 2.24) is 0 Å². The summed E-state index contributed by atoms with van der Waals surface area (Å²) in [5.74, 6) is -0.799. The molecule has 1 unspecified atom stereocenters. The highest BCUT2D eigenvalue weighted by Gasteiger charge is 2.13. The molecule has 0 fully saturated rings. The van der Waals surface area contributed by atoms with E-state index in [9.17, 15) is 9.18 Å². The molecule has 0 aliphatic carbocycles. The van der Waals surface area contributed by atoms with Crippen molar-refractivity contribution in [2.24, 2.45) is 0 Å². The van der Waals surface area contributed by atoms with Crippen LogP contribution in [0.5, 0.6) is 0 Å². The summed E-state index contributed by atoms with van der Waals surface area (Å²) in [7, 11) is 1.43. The van der Waals surface area contributed by atoms with Crippen LogP contribution in [0.3, 0.4) is 0 Å². The minimum absolute atomic E-state index is 0.175. The number of carbonyl (C=O) groups is 1. The summed E-state index contributed by atoms with van der Waals surface area (Å²) >= 11 is 0. The van der Waals surface area contributed by atoms with E-state index in [0.717, 1.165) is 5.56 Å². The molecule has 0 heterocycles. The summed E-state index contributed by atoms with van der Waals surface area (Å²) < 4.78 is 18.1. The third kappa shape index (κ3) is 3.02. The number of anilines is 1. The number of hydrogen-bond acceptors (Lipinski definition) is 2. The molecule has 82 valence electrons. The molecular formula is C11H14FNO2. The topological polar surface area (TPSA) is 38.3 Å². The first-order chi connectivity index (χ1) is 7.04. The monoisotopic (exact) mass is 211 g/mol. The van der Waals surface area contributed by atoms with Crippen LogP contribution in [0.2, 0.25) is 0 Å². The molecule has 1 amide bonds. The Hall–Kier alpha value is -1.42. The molecular weight excluding hydrogens is 197 g/mol. The van der Waals surface area contributed by atoms with Gasteiger partial charge in [0, 0.05) is 7.11 Å². The fraction of sp³-hybridized carbons (Fsp3) is 0.364. The van der Waals surface area contributed by atoms with Gasteiger partial charge in [-0.3, -0.25) is 4.79 Å². The number of carbonyl (C=O) groups excluding carboxylic acids is 1. The fourth-order valence-corrected chi connectivity index (χ4v) is 1.06. The molecule has 15 heavy (non-hydrogen) atoms. The quantitative estimate of drug-likeness (QED) is 0.831. The number of halogens is 1. The summed E-state index contributed by atoms with van der Waals surface area (Å²) in [6.07, 6.45) is -0.592. The van der Waals surface area contributed by atoms with Crippen molar-refractivity contribution in [3.05, 3.63) is 29.6 Å². The van der Waals surface area contributed by atoms with Crippen LogP contribution >= 0.6 is 0 Å². The number of benzene rings is 1. The lowest BCUT2D eigenvalue weighted by atomic mass is 10.2. The summed E-state index contributed by atoms with van der Waals surface area (Å²) in [5.41, 5.74) is 0.986. The van der Waals surface area contributed by atoms with Gasteiger partial charge in [-0.1, -0.05) is 6.07 Å². The van der Waals surface area contributed by atoms with Gasteiger partial charge in [-0.15, -0.1) is 0 Å². The fourth-order valence-electron chi connectivity index (χ4n) is 1.06. The van der Waals surface area contributed by atoms with E-state index in [-0.39, 0.29) is 11.6 Å². The summed E-state index contributed by atoms with van der Waals surface area (Å²) in [6.45, 7) is 3.38. The van der Waals surface area contributed by atoms with Gasteiger partial charge in [0.15, 0.2) is 0 Å². The number of aryl methyl sites for hydroxylation is 1. The van der Waals surface area contributed by atoms with Gasteiger partial charge in [-0.05, 0) is 31.5 Å². The number of ether oxygens (including phenoxy) is 1. The zero-order chi connectivity index (χ0) is 11.4. The smallest absolute Gasteiger partial charge is 0.253 e. The zero-order valence-electron chi connectivity index (χ0n) is 9.00. The number of rotatable bonds is 3. The Bertz CT molecular complexity index is 366. The Balaban J connectivity index is 2.77. The molecule has 0 radical (unpaired) electrons. The van der Waals surface area contributed by atoms with E-state index < -0.39 is 11.9 Å². The lowest BCUT2D eigenvalue weighted by molar-refractivity contribution is -0.124. The Kier molecular flexibility index (Phi) is 3.80. The molecule has 1 N–H and O–H groups in total. The maximum Gasteiger partial charge on any atom is 0.253 e. The Morgan fingerprint density at radius 2 is 2.20 bits per heavy atom. The zero-order valence-corrected chi connectivity index (χ0v) is 9.00. The largest absolute Gasteiger partial charge is 0.372 e. The second-order valence-corrected chi connectivity index (χ2v) is 3.35. The van der Waals surface area contributed by atoms with Crippen molar-refractivity contribution in [2.45, 2.75) is 20.0 Å². The first-order valence-corrected chi connectivity index (χ1v) is 4.64. The second kappa shape index (κ2) is 4.89. The minimum Gasteiger partial charge on any atom is -0.372 e. The molecule has 0 saturated heterocycles. The molecule has 3 nitrogen and oxygen atoms in total. The van der Waals surface area contributed by atoms with Gasteiger partial charge in [0.05, 0.1) is 5.69 Å². The average Bonchev–Trinajstić information content (AvgIpc) is 2.20. The van der Waals surface area contributed by atoms with E-state index >= 15 is 0 Å². The van der Waals surface area contributed by atoms with Gasteiger partial charge in [-0.2, -0.15) is 0 Å². The minimum atomic E-state index is -0.592. The van der Waals surface area contributed by atoms with Gasteiger partial charge in [0.1, 0.15) is 11.9 Å². The number of hydrogen-bond donors (Lipinski definition) is 1. The molecule has 0 aliphatic rings. The highest BCUT2D eigenvalue weighted by atomic mass is 19.1. The average molecular weight is 211 g/mol. The first kappa shape index (κ1) is 11.7. The van der Waals surface area contributed by atoms with Crippen molar-refractivity contribution in [3.8, 4) is 0 Å².